The lowest BCUT2D eigenvalue weighted by atomic mass is 9.95. The molecule has 0 aliphatic carbocycles. The maximum absolute atomic E-state index is 13.6. The van der Waals surface area contributed by atoms with E-state index in [1.807, 2.05) is 6.26 Å². The lowest BCUT2D eigenvalue weighted by Gasteiger charge is -2.33. The zero-order chi connectivity index (χ0) is 21.4. The van der Waals surface area contributed by atoms with Gasteiger partial charge in [-0.25, -0.2) is 4.39 Å². The molecule has 0 bridgehead atoms. The third-order valence-corrected chi connectivity index (χ3v) is 5.66. The van der Waals surface area contributed by atoms with E-state index < -0.39 is 23.8 Å². The van der Waals surface area contributed by atoms with Gasteiger partial charge in [0.15, 0.2) is 0 Å². The van der Waals surface area contributed by atoms with Crippen LogP contribution in [-0.4, -0.2) is 59.8 Å². The highest BCUT2D eigenvalue weighted by Gasteiger charge is 2.30. The van der Waals surface area contributed by atoms with Crippen LogP contribution < -0.4 is 16.4 Å². The van der Waals surface area contributed by atoms with Crippen molar-refractivity contribution in [3.8, 4) is 0 Å². The van der Waals surface area contributed by atoms with Crippen LogP contribution in [0.2, 0.25) is 0 Å². The second-order valence-electron chi connectivity index (χ2n) is 7.19. The number of halogens is 2. The number of nitrogens with zero attached hydrogens (tertiary/aromatic N) is 1. The molecule has 1 aliphatic rings. The molecule has 0 aromatic heterocycles. The summed E-state index contributed by atoms with van der Waals surface area (Å²) in [5.74, 6) is -0.776. The molecule has 0 spiro atoms. The molecule has 1 aliphatic heterocycles. The van der Waals surface area contributed by atoms with Crippen molar-refractivity contribution >= 4 is 47.6 Å². The number of para-hydroxylation sites is 1. The molecule has 3 amide bonds. The monoisotopic (exact) mass is 460 g/mol. The lowest BCUT2D eigenvalue weighted by molar-refractivity contribution is -0.137. The normalized spacial score (nSPS) is 16.2. The Morgan fingerprint density at radius 2 is 1.90 bits per heavy atom. The second kappa shape index (κ2) is 12.8. The zero-order valence-corrected chi connectivity index (χ0v) is 18.9. The number of anilines is 1. The van der Waals surface area contributed by atoms with Crippen LogP contribution in [0.15, 0.2) is 24.3 Å². The Balaban J connectivity index is 0.00000450. The van der Waals surface area contributed by atoms with Gasteiger partial charge in [0.1, 0.15) is 11.9 Å². The van der Waals surface area contributed by atoms with Crippen LogP contribution in [0.1, 0.15) is 26.2 Å². The van der Waals surface area contributed by atoms with Crippen LogP contribution >= 0.6 is 24.2 Å². The van der Waals surface area contributed by atoms with Gasteiger partial charge in [0.25, 0.3) is 0 Å². The van der Waals surface area contributed by atoms with Gasteiger partial charge in [0.05, 0.1) is 11.7 Å². The van der Waals surface area contributed by atoms with Crippen LogP contribution in [-0.2, 0) is 14.4 Å². The van der Waals surface area contributed by atoms with E-state index in [-0.39, 0.29) is 35.8 Å². The molecular weight excluding hydrogens is 431 g/mol. The molecule has 1 aromatic carbocycles. The summed E-state index contributed by atoms with van der Waals surface area (Å²) in [7, 11) is 0. The minimum atomic E-state index is -0.804. The Bertz CT molecular complexity index is 732. The van der Waals surface area contributed by atoms with Crippen LogP contribution in [0.5, 0.6) is 0 Å². The second-order valence-corrected chi connectivity index (χ2v) is 8.17. The summed E-state index contributed by atoms with van der Waals surface area (Å²) < 4.78 is 13.6. The number of hydrogen-bond acceptors (Lipinski definition) is 5. The van der Waals surface area contributed by atoms with Crippen molar-refractivity contribution in [2.75, 3.05) is 30.4 Å². The molecule has 1 fully saturated rings. The summed E-state index contributed by atoms with van der Waals surface area (Å²) in [6, 6.07) is 4.54. The molecule has 0 unspecified atom stereocenters. The molecular formula is C20H30ClFN4O3S. The van der Waals surface area contributed by atoms with E-state index in [2.05, 4.69) is 10.6 Å². The highest BCUT2D eigenvalue weighted by atomic mass is 35.5. The van der Waals surface area contributed by atoms with Gasteiger partial charge in [0.2, 0.25) is 17.7 Å². The number of amides is 3. The van der Waals surface area contributed by atoms with E-state index >= 15 is 0 Å². The van der Waals surface area contributed by atoms with Crippen molar-refractivity contribution in [1.29, 1.82) is 0 Å². The average Bonchev–Trinajstić information content (AvgIpc) is 2.73. The van der Waals surface area contributed by atoms with Crippen molar-refractivity contribution in [2.24, 2.45) is 11.7 Å². The number of nitrogens with two attached hydrogens (primary N) is 1. The maximum atomic E-state index is 13.6. The van der Waals surface area contributed by atoms with Crippen molar-refractivity contribution in [2.45, 2.75) is 38.3 Å². The van der Waals surface area contributed by atoms with Gasteiger partial charge in [-0.15, -0.1) is 12.4 Å². The average molecular weight is 461 g/mol. The van der Waals surface area contributed by atoms with Crippen molar-refractivity contribution in [3.63, 3.8) is 0 Å². The third-order valence-electron chi connectivity index (χ3n) is 5.01. The van der Waals surface area contributed by atoms with Gasteiger partial charge in [-0.2, -0.15) is 11.8 Å². The molecule has 0 saturated carbocycles. The maximum Gasteiger partial charge on any atom is 0.246 e. The first-order valence-electron chi connectivity index (χ1n) is 9.72. The van der Waals surface area contributed by atoms with E-state index in [9.17, 15) is 18.8 Å². The van der Waals surface area contributed by atoms with E-state index in [0.717, 1.165) is 5.75 Å². The van der Waals surface area contributed by atoms with E-state index in [4.69, 9.17) is 5.73 Å². The standard InChI is InChI=1S/C20H29FN4O3S.ClH/c1-13(18(26)24-17-6-4-3-5-15(17)21)23-19(27)14-7-10-25(11-8-14)20(28)16(22)9-12-29-2;/h3-6,13-14,16H,7-12,22H2,1-2H3,(H,23,27)(H,24,26);1H/t13-,16-;/m0./s1. The quantitative estimate of drug-likeness (QED) is 0.550. The van der Waals surface area contributed by atoms with E-state index in [0.29, 0.717) is 32.4 Å². The number of likely N-dealkylation sites (tertiary alicyclic amines) is 1. The number of thioether (sulfide) groups is 1. The summed E-state index contributed by atoms with van der Waals surface area (Å²) in [5.41, 5.74) is 6.02. The summed E-state index contributed by atoms with van der Waals surface area (Å²) in [4.78, 5) is 38.8. The smallest absolute Gasteiger partial charge is 0.246 e. The minimum Gasteiger partial charge on any atom is -0.344 e. The van der Waals surface area contributed by atoms with Crippen LogP contribution in [0.25, 0.3) is 0 Å². The van der Waals surface area contributed by atoms with Crippen molar-refractivity contribution < 1.29 is 18.8 Å². The van der Waals surface area contributed by atoms with Crippen LogP contribution in [0.4, 0.5) is 10.1 Å². The first-order chi connectivity index (χ1) is 13.8. The molecule has 168 valence electrons. The number of hydrogen-bond donors (Lipinski definition) is 3. The Morgan fingerprint density at radius 1 is 1.27 bits per heavy atom. The molecule has 30 heavy (non-hydrogen) atoms. The number of rotatable bonds is 8. The summed E-state index contributed by atoms with van der Waals surface area (Å²) in [6.45, 7) is 2.50. The molecule has 1 saturated heterocycles. The fourth-order valence-corrected chi connectivity index (χ4v) is 3.65. The molecule has 1 aromatic rings. The van der Waals surface area contributed by atoms with Gasteiger partial charge in [0, 0.05) is 19.0 Å². The summed E-state index contributed by atoms with van der Waals surface area (Å²) in [6.07, 6.45) is 3.65. The summed E-state index contributed by atoms with van der Waals surface area (Å²) >= 11 is 1.65. The topological polar surface area (TPSA) is 105 Å². The lowest BCUT2D eigenvalue weighted by Crippen LogP contribution is -2.50. The van der Waals surface area contributed by atoms with Gasteiger partial charge in [-0.3, -0.25) is 14.4 Å². The zero-order valence-electron chi connectivity index (χ0n) is 17.2. The van der Waals surface area contributed by atoms with Crippen molar-refractivity contribution in [3.05, 3.63) is 30.1 Å². The van der Waals surface area contributed by atoms with Gasteiger partial charge in [-0.1, -0.05) is 12.1 Å². The number of carbonyl (C=O) groups excluding carboxylic acids is 3. The summed E-state index contributed by atoms with van der Waals surface area (Å²) in [5, 5.41) is 5.15. The molecule has 2 rings (SSSR count). The predicted octanol–water partition coefficient (Wildman–Crippen LogP) is 2.01. The molecule has 7 nitrogen and oxygen atoms in total. The Labute approximate surface area is 187 Å². The minimum absolute atomic E-state index is 0. The fourth-order valence-electron chi connectivity index (χ4n) is 3.17. The fraction of sp³-hybridized carbons (Fsp3) is 0.550. The largest absolute Gasteiger partial charge is 0.344 e. The number of benzene rings is 1. The van der Waals surface area contributed by atoms with Gasteiger partial charge in [-0.05, 0) is 50.3 Å². The molecule has 4 N–H and O–H groups in total. The first kappa shape index (κ1) is 26.2. The highest BCUT2D eigenvalue weighted by Crippen LogP contribution is 2.19. The number of carbonyl (C=O) groups is 3. The number of nitrogens with one attached hydrogen (secondary N) is 2. The van der Waals surface area contributed by atoms with E-state index in [1.54, 1.807) is 29.7 Å². The highest BCUT2D eigenvalue weighted by molar-refractivity contribution is 7.98. The molecule has 1 heterocycles. The van der Waals surface area contributed by atoms with Crippen LogP contribution in [0, 0.1) is 11.7 Å². The predicted molar refractivity (Wildman–Crippen MR) is 120 cm³/mol. The number of piperidine rings is 1. The molecule has 10 heteroatoms. The molecule has 0 radical (unpaired) electrons. The van der Waals surface area contributed by atoms with Gasteiger partial charge < -0.3 is 21.3 Å². The SMILES string of the molecule is CSCC[C@H](N)C(=O)N1CCC(C(=O)N[C@@H](C)C(=O)Nc2ccccc2F)CC1.Cl. The molecule has 2 atom stereocenters. The third kappa shape index (κ3) is 7.45. The van der Waals surface area contributed by atoms with Crippen LogP contribution in [0.3, 0.4) is 0 Å². The van der Waals surface area contributed by atoms with E-state index in [1.165, 1.54) is 18.2 Å². The Kier molecular flexibility index (Phi) is 11.1. The Hall–Kier alpha value is -1.84. The van der Waals surface area contributed by atoms with Gasteiger partial charge >= 0.3 is 0 Å². The first-order valence-corrected chi connectivity index (χ1v) is 11.1. The van der Waals surface area contributed by atoms with Crippen molar-refractivity contribution in [1.82, 2.24) is 10.2 Å². The Morgan fingerprint density at radius 3 is 2.50 bits per heavy atom.